The van der Waals surface area contributed by atoms with Gasteiger partial charge in [-0.3, -0.25) is 4.79 Å². The quantitative estimate of drug-likeness (QED) is 0.782. The molecule has 1 aliphatic heterocycles. The molecule has 0 atom stereocenters. The Hall–Kier alpha value is -1.39. The van der Waals surface area contributed by atoms with Gasteiger partial charge in [0.05, 0.1) is 4.58 Å². The van der Waals surface area contributed by atoms with Crippen molar-refractivity contribution >= 4 is 29.4 Å². The van der Waals surface area contributed by atoms with Crippen molar-refractivity contribution in [1.82, 2.24) is 5.32 Å². The fraction of sp³-hybridized carbons (Fsp3) is 0.316. The van der Waals surface area contributed by atoms with E-state index in [1.165, 1.54) is 22.6 Å². The highest BCUT2D eigenvalue weighted by molar-refractivity contribution is 8.19. The van der Waals surface area contributed by atoms with Crippen LogP contribution < -0.4 is 5.32 Å². The molecule has 0 spiro atoms. The number of aryl methyl sites for hydroxylation is 1. The van der Waals surface area contributed by atoms with Crippen molar-refractivity contribution in [2.75, 3.05) is 18.1 Å². The number of amides is 1. The van der Waals surface area contributed by atoms with E-state index < -0.39 is 0 Å². The average Bonchev–Trinajstić information content (AvgIpc) is 3.14. The van der Waals surface area contributed by atoms with Gasteiger partial charge >= 0.3 is 0 Å². The van der Waals surface area contributed by atoms with Gasteiger partial charge in [-0.15, -0.1) is 23.5 Å². The van der Waals surface area contributed by atoms with Gasteiger partial charge in [-0.25, -0.2) is 0 Å². The van der Waals surface area contributed by atoms with Gasteiger partial charge in [0.1, 0.15) is 0 Å². The van der Waals surface area contributed by atoms with Crippen molar-refractivity contribution in [2.45, 2.75) is 17.4 Å². The molecule has 23 heavy (non-hydrogen) atoms. The van der Waals surface area contributed by atoms with Crippen LogP contribution in [0.25, 0.3) is 0 Å². The van der Waals surface area contributed by atoms with Crippen LogP contribution in [0, 0.1) is 0 Å². The lowest BCUT2D eigenvalue weighted by Gasteiger charge is -2.09. The molecule has 4 heteroatoms. The highest BCUT2D eigenvalue weighted by Crippen LogP contribution is 2.45. The number of hydrogen-bond donors (Lipinski definition) is 1. The third-order valence-corrected chi connectivity index (χ3v) is 6.94. The van der Waals surface area contributed by atoms with Gasteiger partial charge in [0, 0.05) is 23.6 Å². The zero-order valence-corrected chi connectivity index (χ0v) is 14.7. The molecule has 0 bridgehead atoms. The maximum absolute atomic E-state index is 12.2. The monoisotopic (exact) mass is 343 g/mol. The summed E-state index contributed by atoms with van der Waals surface area (Å²) in [6.45, 7) is 0.712. The van der Waals surface area contributed by atoms with Gasteiger partial charge in [0.15, 0.2) is 0 Å². The van der Waals surface area contributed by atoms with E-state index in [0.29, 0.717) is 11.1 Å². The van der Waals surface area contributed by atoms with E-state index in [0.717, 1.165) is 18.4 Å². The first-order valence-electron chi connectivity index (χ1n) is 7.98. The summed E-state index contributed by atoms with van der Waals surface area (Å²) < 4.78 is 0.540. The number of carbonyl (C=O) groups is 1. The third-order valence-electron chi connectivity index (χ3n) is 3.84. The summed E-state index contributed by atoms with van der Waals surface area (Å²) in [7, 11) is 0. The van der Waals surface area contributed by atoms with Gasteiger partial charge in [0.2, 0.25) is 0 Å². The molecule has 3 rings (SSSR count). The molecular weight excluding hydrogens is 322 g/mol. The second kappa shape index (κ2) is 8.46. The fourth-order valence-corrected chi connectivity index (χ4v) is 5.44. The lowest BCUT2D eigenvalue weighted by atomic mass is 10.1. The van der Waals surface area contributed by atoms with E-state index in [2.05, 4.69) is 41.7 Å². The molecule has 2 aromatic carbocycles. The van der Waals surface area contributed by atoms with E-state index in [4.69, 9.17) is 0 Å². The molecule has 0 saturated carbocycles. The average molecular weight is 344 g/mol. The summed E-state index contributed by atoms with van der Waals surface area (Å²) in [6.07, 6.45) is 1.96. The smallest absolute Gasteiger partial charge is 0.251 e. The van der Waals surface area contributed by atoms with Crippen molar-refractivity contribution in [2.24, 2.45) is 0 Å². The molecule has 2 nitrogen and oxygen atoms in total. The molecular formula is C19H21NOS2. The fourth-order valence-electron chi connectivity index (χ4n) is 2.58. The minimum absolute atomic E-state index is 0.0244. The minimum atomic E-state index is 0.0244. The van der Waals surface area contributed by atoms with Crippen LogP contribution in [0.4, 0.5) is 0 Å². The molecule has 1 heterocycles. The van der Waals surface area contributed by atoms with Gasteiger partial charge in [-0.2, -0.15) is 0 Å². The Bertz CT molecular complexity index is 622. The summed E-state index contributed by atoms with van der Waals surface area (Å²) in [4.78, 5) is 12.2. The van der Waals surface area contributed by atoms with E-state index in [1.807, 2.05) is 41.7 Å². The first kappa shape index (κ1) is 16.5. The Morgan fingerprint density at radius 3 is 2.39 bits per heavy atom. The van der Waals surface area contributed by atoms with Crippen LogP contribution in [-0.4, -0.2) is 24.0 Å². The molecule has 2 aromatic rings. The molecule has 0 unspecified atom stereocenters. The summed E-state index contributed by atoms with van der Waals surface area (Å²) in [5, 5.41) is 3.01. The Morgan fingerprint density at radius 1 is 1.00 bits per heavy atom. The van der Waals surface area contributed by atoms with E-state index in [9.17, 15) is 4.79 Å². The first-order valence-corrected chi connectivity index (χ1v) is 10.1. The molecule has 1 amide bonds. The Morgan fingerprint density at radius 2 is 1.70 bits per heavy atom. The Kier molecular flexibility index (Phi) is 6.06. The lowest BCUT2D eigenvalue weighted by molar-refractivity contribution is 0.0953. The summed E-state index contributed by atoms with van der Waals surface area (Å²) in [5.74, 6) is 2.47. The van der Waals surface area contributed by atoms with Crippen LogP contribution in [0.5, 0.6) is 0 Å². The number of hydrogen-bond acceptors (Lipinski definition) is 3. The maximum Gasteiger partial charge on any atom is 0.251 e. The highest BCUT2D eigenvalue weighted by atomic mass is 32.2. The lowest BCUT2D eigenvalue weighted by Crippen LogP contribution is -2.24. The van der Waals surface area contributed by atoms with Gasteiger partial charge in [0.25, 0.3) is 5.91 Å². The normalized spacial score (nSPS) is 14.8. The standard InChI is InChI=1S/C19H21NOS2/c21-18(20-12-4-7-15-5-2-1-3-6-15)16-8-10-17(11-9-16)19-22-13-14-23-19/h1-3,5-6,8-11,19H,4,7,12-14H2,(H,20,21). The highest BCUT2D eigenvalue weighted by Gasteiger charge is 2.18. The van der Waals surface area contributed by atoms with Crippen molar-refractivity contribution in [3.05, 3.63) is 71.3 Å². The van der Waals surface area contributed by atoms with Gasteiger partial charge < -0.3 is 5.32 Å². The van der Waals surface area contributed by atoms with Crippen LogP contribution in [-0.2, 0) is 6.42 Å². The zero-order chi connectivity index (χ0) is 15.9. The predicted octanol–water partition coefficient (Wildman–Crippen LogP) is 4.53. The first-order chi connectivity index (χ1) is 11.3. The Labute approximate surface area is 146 Å². The zero-order valence-electron chi connectivity index (χ0n) is 13.0. The third kappa shape index (κ3) is 4.79. The van der Waals surface area contributed by atoms with Crippen LogP contribution in [0.1, 0.15) is 32.5 Å². The maximum atomic E-state index is 12.2. The van der Waals surface area contributed by atoms with Crippen LogP contribution in [0.15, 0.2) is 54.6 Å². The molecule has 0 radical (unpaired) electrons. The molecule has 0 aromatic heterocycles. The topological polar surface area (TPSA) is 29.1 Å². The van der Waals surface area contributed by atoms with Crippen LogP contribution in [0.3, 0.4) is 0 Å². The van der Waals surface area contributed by atoms with E-state index in [1.54, 1.807) is 0 Å². The molecule has 1 aliphatic rings. The summed E-state index contributed by atoms with van der Waals surface area (Å²) in [5.41, 5.74) is 3.39. The number of nitrogens with one attached hydrogen (secondary N) is 1. The van der Waals surface area contributed by atoms with Crippen LogP contribution >= 0.6 is 23.5 Å². The number of rotatable bonds is 6. The van der Waals surface area contributed by atoms with Crippen molar-refractivity contribution in [3.63, 3.8) is 0 Å². The molecule has 1 saturated heterocycles. The number of carbonyl (C=O) groups excluding carboxylic acids is 1. The van der Waals surface area contributed by atoms with Crippen molar-refractivity contribution in [3.8, 4) is 0 Å². The summed E-state index contributed by atoms with van der Waals surface area (Å²) >= 11 is 3.97. The number of thioether (sulfide) groups is 2. The minimum Gasteiger partial charge on any atom is -0.352 e. The van der Waals surface area contributed by atoms with E-state index >= 15 is 0 Å². The van der Waals surface area contributed by atoms with Gasteiger partial charge in [-0.1, -0.05) is 42.5 Å². The second-order valence-electron chi connectivity index (χ2n) is 5.54. The predicted molar refractivity (Wildman–Crippen MR) is 101 cm³/mol. The number of benzene rings is 2. The van der Waals surface area contributed by atoms with E-state index in [-0.39, 0.29) is 5.91 Å². The molecule has 0 aliphatic carbocycles. The van der Waals surface area contributed by atoms with Crippen LogP contribution in [0.2, 0.25) is 0 Å². The SMILES string of the molecule is O=C(NCCCc1ccccc1)c1ccc(C2SCCS2)cc1. The van der Waals surface area contributed by atoms with Crippen molar-refractivity contribution in [1.29, 1.82) is 0 Å². The second-order valence-corrected chi connectivity index (χ2v) is 8.26. The molecule has 1 N–H and O–H groups in total. The molecule has 120 valence electrons. The Balaban J connectivity index is 1.44. The summed E-state index contributed by atoms with van der Waals surface area (Å²) in [6, 6.07) is 18.5. The van der Waals surface area contributed by atoms with Crippen molar-refractivity contribution < 1.29 is 4.79 Å². The van der Waals surface area contributed by atoms with Gasteiger partial charge in [-0.05, 0) is 36.1 Å². The molecule has 1 fully saturated rings. The largest absolute Gasteiger partial charge is 0.352 e.